The average Bonchev–Trinajstić information content (AvgIpc) is 3.10. The summed E-state index contributed by atoms with van der Waals surface area (Å²) >= 11 is 0. The Kier molecular flexibility index (Phi) is 3.01. The molecule has 2 saturated carbocycles. The summed E-state index contributed by atoms with van der Waals surface area (Å²) in [7, 11) is 0. The van der Waals surface area contributed by atoms with Gasteiger partial charge in [0, 0.05) is 13.1 Å². The molecule has 3 rings (SSSR count). The Labute approximate surface area is 104 Å². The average molecular weight is 237 g/mol. The van der Waals surface area contributed by atoms with Gasteiger partial charge in [-0.1, -0.05) is 6.42 Å². The lowest BCUT2D eigenvalue weighted by Crippen LogP contribution is -2.42. The lowest BCUT2D eigenvalue weighted by Gasteiger charge is -2.34. The molecule has 0 unspecified atom stereocenters. The number of nitrogens with zero attached hydrogens (tertiary/aromatic N) is 1. The van der Waals surface area contributed by atoms with Crippen LogP contribution in [0.5, 0.6) is 0 Å². The van der Waals surface area contributed by atoms with Gasteiger partial charge in [0.05, 0.1) is 0 Å². The highest BCUT2D eigenvalue weighted by Gasteiger charge is 2.46. The Hall–Kier alpha value is -0.730. The SMILES string of the molecule is O=C(OC1CCCCC1)N1CCCC2(CC2)C1. The Morgan fingerprint density at radius 2 is 1.82 bits per heavy atom. The van der Waals surface area contributed by atoms with Crippen LogP contribution in [0.3, 0.4) is 0 Å². The summed E-state index contributed by atoms with van der Waals surface area (Å²) in [5, 5.41) is 0. The van der Waals surface area contributed by atoms with Crippen molar-refractivity contribution in [3.8, 4) is 0 Å². The molecule has 96 valence electrons. The van der Waals surface area contributed by atoms with Gasteiger partial charge in [0.2, 0.25) is 0 Å². The normalized spacial score (nSPS) is 28.1. The Morgan fingerprint density at radius 3 is 2.53 bits per heavy atom. The molecule has 1 spiro atoms. The minimum Gasteiger partial charge on any atom is -0.446 e. The topological polar surface area (TPSA) is 29.5 Å². The molecule has 0 atom stereocenters. The molecule has 1 saturated heterocycles. The van der Waals surface area contributed by atoms with E-state index in [1.807, 2.05) is 4.90 Å². The van der Waals surface area contributed by atoms with Crippen LogP contribution in [-0.4, -0.2) is 30.2 Å². The van der Waals surface area contributed by atoms with E-state index in [1.165, 1.54) is 44.9 Å². The lowest BCUT2D eigenvalue weighted by molar-refractivity contribution is 0.0338. The summed E-state index contributed by atoms with van der Waals surface area (Å²) < 4.78 is 5.64. The minimum atomic E-state index is -0.0390. The number of carbonyl (C=O) groups excluding carboxylic acids is 1. The predicted molar refractivity (Wildman–Crippen MR) is 65.8 cm³/mol. The van der Waals surface area contributed by atoms with Crippen molar-refractivity contribution in [2.75, 3.05) is 13.1 Å². The van der Waals surface area contributed by atoms with Crippen LogP contribution in [0, 0.1) is 5.41 Å². The van der Waals surface area contributed by atoms with Crippen LogP contribution in [0.15, 0.2) is 0 Å². The van der Waals surface area contributed by atoms with Gasteiger partial charge in [-0.05, 0) is 56.8 Å². The van der Waals surface area contributed by atoms with Gasteiger partial charge in [0.25, 0.3) is 0 Å². The van der Waals surface area contributed by atoms with Crippen molar-refractivity contribution in [1.82, 2.24) is 4.90 Å². The number of ether oxygens (including phenoxy) is 1. The number of rotatable bonds is 1. The number of amides is 1. The van der Waals surface area contributed by atoms with Gasteiger partial charge in [-0.2, -0.15) is 0 Å². The Bertz CT molecular complexity index is 293. The summed E-state index contributed by atoms with van der Waals surface area (Å²) in [5.74, 6) is 0. The van der Waals surface area contributed by atoms with E-state index in [9.17, 15) is 4.79 Å². The van der Waals surface area contributed by atoms with Crippen LogP contribution < -0.4 is 0 Å². The number of piperidine rings is 1. The maximum Gasteiger partial charge on any atom is 0.410 e. The highest BCUT2D eigenvalue weighted by molar-refractivity contribution is 5.68. The monoisotopic (exact) mass is 237 g/mol. The fraction of sp³-hybridized carbons (Fsp3) is 0.929. The van der Waals surface area contributed by atoms with E-state index < -0.39 is 0 Å². The molecule has 3 heteroatoms. The van der Waals surface area contributed by atoms with E-state index in [0.29, 0.717) is 5.41 Å². The van der Waals surface area contributed by atoms with Crippen LogP contribution in [0.25, 0.3) is 0 Å². The van der Waals surface area contributed by atoms with Crippen molar-refractivity contribution < 1.29 is 9.53 Å². The molecule has 17 heavy (non-hydrogen) atoms. The second kappa shape index (κ2) is 4.51. The quantitative estimate of drug-likeness (QED) is 0.700. The number of hydrogen-bond donors (Lipinski definition) is 0. The molecule has 3 aliphatic rings. The van der Waals surface area contributed by atoms with E-state index in [2.05, 4.69) is 0 Å². The van der Waals surface area contributed by atoms with Crippen molar-refractivity contribution in [3.05, 3.63) is 0 Å². The standard InChI is InChI=1S/C14H23NO2/c16-13(17-12-5-2-1-3-6-12)15-10-4-7-14(11-15)8-9-14/h12H,1-11H2. The molecular weight excluding hydrogens is 214 g/mol. The summed E-state index contributed by atoms with van der Waals surface area (Å²) in [6.07, 6.45) is 11.2. The molecule has 1 heterocycles. The first-order valence-electron chi connectivity index (χ1n) is 7.23. The second-order valence-corrected chi connectivity index (χ2v) is 6.17. The molecule has 2 aliphatic carbocycles. The van der Waals surface area contributed by atoms with Crippen LogP contribution >= 0.6 is 0 Å². The molecule has 0 N–H and O–H groups in total. The molecule has 0 radical (unpaired) electrons. The van der Waals surface area contributed by atoms with E-state index >= 15 is 0 Å². The highest BCUT2D eigenvalue weighted by atomic mass is 16.6. The highest BCUT2D eigenvalue weighted by Crippen LogP contribution is 2.52. The summed E-state index contributed by atoms with van der Waals surface area (Å²) in [6.45, 7) is 1.87. The van der Waals surface area contributed by atoms with E-state index in [4.69, 9.17) is 4.74 Å². The Morgan fingerprint density at radius 1 is 1.06 bits per heavy atom. The van der Waals surface area contributed by atoms with E-state index in [0.717, 1.165) is 25.9 Å². The molecule has 1 amide bonds. The maximum absolute atomic E-state index is 12.1. The number of likely N-dealkylation sites (tertiary alicyclic amines) is 1. The first kappa shape index (κ1) is 11.4. The first-order chi connectivity index (χ1) is 8.27. The first-order valence-corrected chi connectivity index (χ1v) is 7.23. The second-order valence-electron chi connectivity index (χ2n) is 6.17. The van der Waals surface area contributed by atoms with Crippen molar-refractivity contribution >= 4 is 6.09 Å². The van der Waals surface area contributed by atoms with Crippen LogP contribution in [0.1, 0.15) is 57.8 Å². The molecule has 3 fully saturated rings. The lowest BCUT2D eigenvalue weighted by atomic mass is 9.95. The summed E-state index contributed by atoms with van der Waals surface area (Å²) in [5.41, 5.74) is 0.504. The van der Waals surface area contributed by atoms with Gasteiger partial charge >= 0.3 is 6.09 Å². The Balaban J connectivity index is 1.51. The molecular formula is C14H23NO2. The van der Waals surface area contributed by atoms with Gasteiger partial charge < -0.3 is 9.64 Å². The molecule has 0 bridgehead atoms. The third kappa shape index (κ3) is 2.58. The third-order valence-electron chi connectivity index (χ3n) is 4.70. The zero-order valence-corrected chi connectivity index (χ0v) is 10.6. The van der Waals surface area contributed by atoms with E-state index in [-0.39, 0.29) is 12.2 Å². The van der Waals surface area contributed by atoms with Crippen LogP contribution in [0.2, 0.25) is 0 Å². The minimum absolute atomic E-state index is 0.0390. The van der Waals surface area contributed by atoms with Crippen molar-refractivity contribution in [3.63, 3.8) is 0 Å². The number of carbonyl (C=O) groups is 1. The van der Waals surface area contributed by atoms with Crippen LogP contribution in [0.4, 0.5) is 4.79 Å². The number of hydrogen-bond acceptors (Lipinski definition) is 2. The van der Waals surface area contributed by atoms with Gasteiger partial charge in [-0.25, -0.2) is 4.79 Å². The summed E-state index contributed by atoms with van der Waals surface area (Å²) in [6, 6.07) is 0. The maximum atomic E-state index is 12.1. The fourth-order valence-corrected chi connectivity index (χ4v) is 3.35. The summed E-state index contributed by atoms with van der Waals surface area (Å²) in [4.78, 5) is 14.0. The molecule has 0 aromatic rings. The van der Waals surface area contributed by atoms with Crippen molar-refractivity contribution in [1.29, 1.82) is 0 Å². The van der Waals surface area contributed by atoms with Gasteiger partial charge in [-0.15, -0.1) is 0 Å². The van der Waals surface area contributed by atoms with Gasteiger partial charge in [-0.3, -0.25) is 0 Å². The van der Waals surface area contributed by atoms with Crippen LogP contribution in [-0.2, 0) is 4.74 Å². The van der Waals surface area contributed by atoms with Gasteiger partial charge in [0.1, 0.15) is 6.10 Å². The van der Waals surface area contributed by atoms with Crippen molar-refractivity contribution in [2.45, 2.75) is 63.9 Å². The molecule has 0 aromatic heterocycles. The molecule has 0 aromatic carbocycles. The van der Waals surface area contributed by atoms with E-state index in [1.54, 1.807) is 0 Å². The molecule has 3 nitrogen and oxygen atoms in total. The zero-order chi connectivity index (χ0) is 11.7. The van der Waals surface area contributed by atoms with Crippen molar-refractivity contribution in [2.24, 2.45) is 5.41 Å². The smallest absolute Gasteiger partial charge is 0.410 e. The zero-order valence-electron chi connectivity index (χ0n) is 10.6. The predicted octanol–water partition coefficient (Wildman–Crippen LogP) is 3.33. The molecule has 1 aliphatic heterocycles. The largest absolute Gasteiger partial charge is 0.446 e. The third-order valence-corrected chi connectivity index (χ3v) is 4.70. The van der Waals surface area contributed by atoms with Gasteiger partial charge in [0.15, 0.2) is 0 Å². The fourth-order valence-electron chi connectivity index (χ4n) is 3.35.